The topological polar surface area (TPSA) is 298 Å². The fraction of sp³-hybridized carbons (Fsp3) is 0. The third-order valence-corrected chi connectivity index (χ3v) is 6.40. The van der Waals surface area contributed by atoms with E-state index in [0.717, 1.165) is 24.3 Å². The van der Waals surface area contributed by atoms with Gasteiger partial charge in [0, 0.05) is 16.2 Å². The van der Waals surface area contributed by atoms with Crippen molar-refractivity contribution in [3.8, 4) is 0 Å². The molecule has 0 aromatic heterocycles. The predicted molar refractivity (Wildman–Crippen MR) is 135 cm³/mol. The fourth-order valence-electron chi connectivity index (χ4n) is 5.05. The number of carboxylic acid groups (broad SMARTS) is 8. The zero-order valence-corrected chi connectivity index (χ0v) is 20.2. The second-order valence-corrected chi connectivity index (χ2v) is 8.55. The van der Waals surface area contributed by atoms with Crippen molar-refractivity contribution in [2.75, 3.05) is 0 Å². The molecule has 0 amide bonds. The summed E-state index contributed by atoms with van der Waals surface area (Å²) in [5.74, 6) is -16.7. The zero-order chi connectivity index (χ0) is 31.5. The molecular weight excluding hydrogens is 568 g/mol. The first-order valence-electron chi connectivity index (χ1n) is 11.0. The fourth-order valence-corrected chi connectivity index (χ4v) is 5.05. The van der Waals surface area contributed by atoms with Crippen molar-refractivity contribution < 1.29 is 79.2 Å². The molecule has 0 aliphatic heterocycles. The van der Waals surface area contributed by atoms with Gasteiger partial charge in [-0.1, -0.05) is 6.07 Å². The van der Waals surface area contributed by atoms with Crippen molar-refractivity contribution in [2.24, 2.45) is 0 Å². The highest BCUT2D eigenvalue weighted by atomic mass is 16.4. The highest BCUT2D eigenvalue weighted by Gasteiger charge is 2.37. The highest BCUT2D eigenvalue weighted by molar-refractivity contribution is 6.33. The van der Waals surface area contributed by atoms with Crippen LogP contribution in [0, 0.1) is 0 Å². The van der Waals surface area contributed by atoms with Gasteiger partial charge < -0.3 is 40.9 Å². The summed E-state index contributed by atoms with van der Waals surface area (Å²) >= 11 is 0. The number of carbonyl (C=O) groups is 8. The number of benzene rings is 4. The van der Waals surface area contributed by atoms with E-state index < -0.39 is 119 Å². The molecule has 4 aromatic rings. The number of hydrogen-bond acceptors (Lipinski definition) is 8. The van der Waals surface area contributed by atoms with E-state index in [2.05, 4.69) is 0 Å². The summed E-state index contributed by atoms with van der Waals surface area (Å²) in [5, 5.41) is 74.4. The lowest BCUT2D eigenvalue weighted by atomic mass is 9.82. The first kappa shape index (κ1) is 28.4. The van der Waals surface area contributed by atoms with Crippen LogP contribution in [0.15, 0.2) is 24.3 Å². The van der Waals surface area contributed by atoms with Gasteiger partial charge in [0.25, 0.3) is 0 Å². The normalized spacial score (nSPS) is 11.0. The molecule has 0 spiro atoms. The third kappa shape index (κ3) is 3.94. The third-order valence-electron chi connectivity index (χ3n) is 6.40. The Labute approximate surface area is 228 Å². The van der Waals surface area contributed by atoms with E-state index in [-0.39, 0.29) is 5.39 Å². The van der Waals surface area contributed by atoms with E-state index in [1.54, 1.807) is 0 Å². The van der Waals surface area contributed by atoms with Crippen LogP contribution in [0.5, 0.6) is 0 Å². The molecule has 16 heteroatoms. The number of aromatic carboxylic acids is 8. The van der Waals surface area contributed by atoms with Crippen LogP contribution >= 0.6 is 0 Å². The van der Waals surface area contributed by atoms with Gasteiger partial charge in [0.1, 0.15) is 0 Å². The first-order valence-corrected chi connectivity index (χ1v) is 11.0. The maximum Gasteiger partial charge on any atom is 0.337 e. The van der Waals surface area contributed by atoms with Gasteiger partial charge >= 0.3 is 47.8 Å². The molecule has 0 bridgehead atoms. The average molecular weight is 580 g/mol. The lowest BCUT2D eigenvalue weighted by Gasteiger charge is -2.19. The van der Waals surface area contributed by atoms with Gasteiger partial charge in [0.15, 0.2) is 0 Å². The standard InChI is InChI=1S/C26H12O16/c27-19(28)7-2-1-5-3-6-4-8-11(15(23(35)36)10(6)14(22(33)34)9(5)12(7)20(29)30)16(24(37)38)18(26(41)42)17(25(39)40)13(8)21(31)32/h1-4H,(H,27,28)(H,29,30)(H,31,32)(H,33,34)(H,35,36)(H,37,38)(H,39,40)(H,41,42). The summed E-state index contributed by atoms with van der Waals surface area (Å²) in [6.45, 7) is 0. The van der Waals surface area contributed by atoms with E-state index in [0.29, 0.717) is 0 Å². The number of rotatable bonds is 8. The SMILES string of the molecule is O=C(O)c1ccc2cc3cc4c(C(=O)O)c(C(=O)O)c(C(=O)O)c(C(=O)O)c4c(C(=O)O)c3c(C(=O)O)c2c1C(=O)O. The smallest absolute Gasteiger partial charge is 0.337 e. The molecule has 0 fully saturated rings. The van der Waals surface area contributed by atoms with Crippen LogP contribution in [-0.2, 0) is 0 Å². The molecule has 0 saturated heterocycles. The van der Waals surface area contributed by atoms with Crippen LogP contribution in [-0.4, -0.2) is 88.6 Å². The van der Waals surface area contributed by atoms with E-state index in [1.165, 1.54) is 0 Å². The molecule has 4 rings (SSSR count). The van der Waals surface area contributed by atoms with E-state index in [4.69, 9.17) is 0 Å². The Kier molecular flexibility index (Phi) is 6.47. The minimum absolute atomic E-state index is 0.283. The van der Waals surface area contributed by atoms with Crippen LogP contribution in [0.4, 0.5) is 0 Å². The summed E-state index contributed by atoms with van der Waals surface area (Å²) in [6, 6.07) is 3.48. The molecule has 0 radical (unpaired) electrons. The van der Waals surface area contributed by atoms with Crippen molar-refractivity contribution >= 4 is 80.1 Å². The van der Waals surface area contributed by atoms with Crippen LogP contribution in [0.2, 0.25) is 0 Å². The molecule has 0 aliphatic carbocycles. The summed E-state index contributed by atoms with van der Waals surface area (Å²) in [7, 11) is 0. The Hall–Kier alpha value is -6.58. The Morgan fingerprint density at radius 1 is 0.357 bits per heavy atom. The van der Waals surface area contributed by atoms with Crippen LogP contribution < -0.4 is 0 Å². The zero-order valence-electron chi connectivity index (χ0n) is 20.2. The Morgan fingerprint density at radius 3 is 1.19 bits per heavy atom. The molecular formula is C26H12O16. The Bertz CT molecular complexity index is 2050. The lowest BCUT2D eigenvalue weighted by Crippen LogP contribution is -2.22. The predicted octanol–water partition coefficient (Wildman–Crippen LogP) is 2.73. The van der Waals surface area contributed by atoms with E-state index in [9.17, 15) is 79.2 Å². The van der Waals surface area contributed by atoms with Gasteiger partial charge in [-0.15, -0.1) is 0 Å². The van der Waals surface area contributed by atoms with E-state index >= 15 is 0 Å². The second kappa shape index (κ2) is 9.56. The summed E-state index contributed by atoms with van der Waals surface area (Å²) < 4.78 is 0. The number of fused-ring (bicyclic) bond motifs is 3. The van der Waals surface area contributed by atoms with Crippen molar-refractivity contribution in [3.05, 3.63) is 68.8 Å². The summed E-state index contributed by atoms with van der Waals surface area (Å²) in [6.07, 6.45) is 0. The van der Waals surface area contributed by atoms with Gasteiger partial charge in [-0.25, -0.2) is 38.4 Å². The molecule has 0 heterocycles. The van der Waals surface area contributed by atoms with Gasteiger partial charge in [-0.3, -0.25) is 0 Å². The average Bonchev–Trinajstić information content (AvgIpc) is 2.86. The van der Waals surface area contributed by atoms with Crippen molar-refractivity contribution in [1.82, 2.24) is 0 Å². The minimum Gasteiger partial charge on any atom is -0.478 e. The molecule has 42 heavy (non-hydrogen) atoms. The van der Waals surface area contributed by atoms with Crippen molar-refractivity contribution in [2.45, 2.75) is 0 Å². The second-order valence-electron chi connectivity index (χ2n) is 8.55. The molecule has 212 valence electrons. The molecule has 0 atom stereocenters. The maximum absolute atomic E-state index is 12.7. The molecule has 8 N–H and O–H groups in total. The first-order chi connectivity index (χ1) is 19.5. The number of hydrogen-bond donors (Lipinski definition) is 8. The Balaban J connectivity index is 2.60. The molecule has 4 aromatic carbocycles. The molecule has 16 nitrogen and oxygen atoms in total. The van der Waals surface area contributed by atoms with Crippen LogP contribution in [0.1, 0.15) is 82.9 Å². The number of carboxylic acids is 8. The monoisotopic (exact) mass is 580 g/mol. The van der Waals surface area contributed by atoms with Gasteiger partial charge in [0.05, 0.1) is 44.5 Å². The molecule has 0 unspecified atom stereocenters. The molecule has 0 aliphatic rings. The van der Waals surface area contributed by atoms with Gasteiger partial charge in [-0.2, -0.15) is 0 Å². The van der Waals surface area contributed by atoms with Crippen LogP contribution in [0.25, 0.3) is 32.3 Å². The quantitative estimate of drug-likeness (QED) is 0.139. The highest BCUT2D eigenvalue weighted by Crippen LogP contribution is 2.42. The molecule has 0 saturated carbocycles. The van der Waals surface area contributed by atoms with E-state index in [1.807, 2.05) is 0 Å². The summed E-state index contributed by atoms with van der Waals surface area (Å²) in [5.41, 5.74) is -10.4. The van der Waals surface area contributed by atoms with Crippen LogP contribution in [0.3, 0.4) is 0 Å². The maximum atomic E-state index is 12.7. The van der Waals surface area contributed by atoms with Crippen molar-refractivity contribution in [3.63, 3.8) is 0 Å². The minimum atomic E-state index is -2.28. The van der Waals surface area contributed by atoms with Gasteiger partial charge in [-0.05, 0) is 34.4 Å². The Morgan fingerprint density at radius 2 is 0.762 bits per heavy atom. The van der Waals surface area contributed by atoms with Crippen molar-refractivity contribution in [1.29, 1.82) is 0 Å². The lowest BCUT2D eigenvalue weighted by molar-refractivity contribution is 0.0621. The largest absolute Gasteiger partial charge is 0.478 e. The van der Waals surface area contributed by atoms with Gasteiger partial charge in [0.2, 0.25) is 0 Å². The summed E-state index contributed by atoms with van der Waals surface area (Å²) in [4.78, 5) is 97.9.